The number of phenolic OH excluding ortho intramolecular Hbond substituents is 2. The lowest BCUT2D eigenvalue weighted by Crippen LogP contribution is -2.14. The Morgan fingerprint density at radius 3 is 1.50 bits per heavy atom. The fourth-order valence-electron chi connectivity index (χ4n) is 1.95. The van der Waals surface area contributed by atoms with E-state index in [4.69, 9.17) is 0 Å². The Labute approximate surface area is 106 Å². The van der Waals surface area contributed by atoms with Gasteiger partial charge in [0, 0.05) is 12.8 Å². The van der Waals surface area contributed by atoms with Gasteiger partial charge < -0.3 is 15.3 Å². The lowest BCUT2D eigenvalue weighted by molar-refractivity contribution is 0.173. The molecule has 3 nitrogen and oxygen atoms in total. The number of aromatic hydroxyl groups is 2. The number of hydrogen-bond acceptors (Lipinski definition) is 3. The Morgan fingerprint density at radius 2 is 1.11 bits per heavy atom. The maximum atomic E-state index is 9.98. The molecule has 0 saturated heterocycles. The smallest absolute Gasteiger partial charge is 0.118 e. The molecule has 0 atom stereocenters. The van der Waals surface area contributed by atoms with Crippen molar-refractivity contribution in [3.8, 4) is 11.5 Å². The van der Waals surface area contributed by atoms with E-state index in [1.807, 2.05) is 12.1 Å². The molecule has 0 amide bonds. The second-order valence-electron chi connectivity index (χ2n) is 4.32. The van der Waals surface area contributed by atoms with Crippen LogP contribution in [-0.4, -0.2) is 21.4 Å². The van der Waals surface area contributed by atoms with Crippen molar-refractivity contribution >= 4 is 0 Å². The maximum Gasteiger partial charge on any atom is 0.118 e. The summed E-state index contributed by atoms with van der Waals surface area (Å²) in [7, 11) is 0. The number of phenols is 2. The molecule has 0 aliphatic carbocycles. The SMILES string of the molecule is Oc1ccccc1CC(O)Cc1ccccc1O. The molecular formula is C15H16O3. The van der Waals surface area contributed by atoms with Crippen molar-refractivity contribution < 1.29 is 15.3 Å². The van der Waals surface area contributed by atoms with Crippen molar-refractivity contribution in [3.05, 3.63) is 59.7 Å². The van der Waals surface area contributed by atoms with Gasteiger partial charge >= 0.3 is 0 Å². The summed E-state index contributed by atoms with van der Waals surface area (Å²) >= 11 is 0. The number of benzene rings is 2. The molecule has 94 valence electrons. The van der Waals surface area contributed by atoms with E-state index in [9.17, 15) is 15.3 Å². The van der Waals surface area contributed by atoms with Gasteiger partial charge in [-0.25, -0.2) is 0 Å². The fourth-order valence-corrected chi connectivity index (χ4v) is 1.95. The number of para-hydroxylation sites is 2. The summed E-state index contributed by atoms with van der Waals surface area (Å²) in [4.78, 5) is 0. The van der Waals surface area contributed by atoms with Gasteiger partial charge in [-0.05, 0) is 23.3 Å². The zero-order valence-corrected chi connectivity index (χ0v) is 9.95. The Kier molecular flexibility index (Phi) is 3.85. The van der Waals surface area contributed by atoms with E-state index in [1.165, 1.54) is 0 Å². The van der Waals surface area contributed by atoms with Gasteiger partial charge in [0.15, 0.2) is 0 Å². The van der Waals surface area contributed by atoms with Crippen LogP contribution < -0.4 is 0 Å². The highest BCUT2D eigenvalue weighted by Crippen LogP contribution is 2.21. The second-order valence-corrected chi connectivity index (χ2v) is 4.32. The van der Waals surface area contributed by atoms with E-state index in [0.29, 0.717) is 24.0 Å². The summed E-state index contributed by atoms with van der Waals surface area (Å²) in [5.74, 6) is 0.377. The Morgan fingerprint density at radius 1 is 0.722 bits per heavy atom. The second kappa shape index (κ2) is 5.56. The van der Waals surface area contributed by atoms with E-state index in [0.717, 1.165) is 0 Å². The standard InChI is InChI=1S/C15H16O3/c16-13(9-11-5-1-3-7-14(11)17)10-12-6-2-4-8-15(12)18/h1-8,13,16-18H,9-10H2. The van der Waals surface area contributed by atoms with E-state index in [2.05, 4.69) is 0 Å². The third-order valence-electron chi connectivity index (χ3n) is 2.89. The number of aliphatic hydroxyl groups excluding tert-OH is 1. The van der Waals surface area contributed by atoms with Crippen molar-refractivity contribution in [3.63, 3.8) is 0 Å². The Balaban J connectivity index is 2.04. The van der Waals surface area contributed by atoms with Crippen LogP contribution in [0.5, 0.6) is 11.5 Å². The summed E-state index contributed by atoms with van der Waals surface area (Å²) in [6, 6.07) is 13.9. The molecule has 0 aliphatic heterocycles. The molecular weight excluding hydrogens is 228 g/mol. The Hall–Kier alpha value is -2.00. The molecule has 3 N–H and O–H groups in total. The monoisotopic (exact) mass is 244 g/mol. The lowest BCUT2D eigenvalue weighted by atomic mass is 10.0. The molecule has 0 aromatic heterocycles. The molecule has 0 spiro atoms. The molecule has 0 bridgehead atoms. The maximum absolute atomic E-state index is 9.98. The van der Waals surface area contributed by atoms with Gasteiger partial charge in [-0.1, -0.05) is 36.4 Å². The lowest BCUT2D eigenvalue weighted by Gasteiger charge is -2.12. The zero-order chi connectivity index (χ0) is 13.0. The van der Waals surface area contributed by atoms with Crippen molar-refractivity contribution in [2.24, 2.45) is 0 Å². The third kappa shape index (κ3) is 3.02. The molecule has 0 radical (unpaired) electrons. The minimum absolute atomic E-state index is 0.189. The Bertz CT molecular complexity index is 475. The van der Waals surface area contributed by atoms with Crippen molar-refractivity contribution in [2.45, 2.75) is 18.9 Å². The average molecular weight is 244 g/mol. The van der Waals surface area contributed by atoms with Crippen molar-refractivity contribution in [1.29, 1.82) is 0 Å². The molecule has 2 aromatic carbocycles. The van der Waals surface area contributed by atoms with Gasteiger partial charge in [0.25, 0.3) is 0 Å². The summed E-state index contributed by atoms with van der Waals surface area (Å²) in [5.41, 5.74) is 1.42. The summed E-state index contributed by atoms with van der Waals surface area (Å²) < 4.78 is 0. The van der Waals surface area contributed by atoms with Gasteiger partial charge in [0.2, 0.25) is 0 Å². The predicted octanol–water partition coefficient (Wildman–Crippen LogP) is 2.24. The van der Waals surface area contributed by atoms with Crippen LogP contribution in [0.25, 0.3) is 0 Å². The zero-order valence-electron chi connectivity index (χ0n) is 9.95. The first-order chi connectivity index (χ1) is 8.66. The molecule has 0 unspecified atom stereocenters. The highest BCUT2D eigenvalue weighted by Gasteiger charge is 2.11. The van der Waals surface area contributed by atoms with Crippen molar-refractivity contribution in [2.75, 3.05) is 0 Å². The molecule has 2 rings (SSSR count). The van der Waals surface area contributed by atoms with E-state index < -0.39 is 6.10 Å². The van der Waals surface area contributed by atoms with Crippen LogP contribution in [-0.2, 0) is 12.8 Å². The normalized spacial score (nSPS) is 10.8. The van der Waals surface area contributed by atoms with Crippen LogP contribution in [0.1, 0.15) is 11.1 Å². The number of rotatable bonds is 4. The molecule has 0 fully saturated rings. The predicted molar refractivity (Wildman–Crippen MR) is 69.6 cm³/mol. The number of hydrogen-bond donors (Lipinski definition) is 3. The quantitative estimate of drug-likeness (QED) is 0.773. The van der Waals surface area contributed by atoms with Gasteiger partial charge in [-0.15, -0.1) is 0 Å². The van der Waals surface area contributed by atoms with Crippen LogP contribution in [0, 0.1) is 0 Å². The van der Waals surface area contributed by atoms with Crippen LogP contribution >= 0.6 is 0 Å². The third-order valence-corrected chi connectivity index (χ3v) is 2.89. The van der Waals surface area contributed by atoms with Gasteiger partial charge in [0.1, 0.15) is 11.5 Å². The highest BCUT2D eigenvalue weighted by atomic mass is 16.3. The minimum Gasteiger partial charge on any atom is -0.508 e. The van der Waals surface area contributed by atoms with Crippen LogP contribution in [0.3, 0.4) is 0 Å². The van der Waals surface area contributed by atoms with E-state index in [1.54, 1.807) is 36.4 Å². The summed E-state index contributed by atoms with van der Waals surface area (Å²) in [5, 5.41) is 29.2. The molecule has 2 aromatic rings. The van der Waals surface area contributed by atoms with Crippen LogP contribution in [0.15, 0.2) is 48.5 Å². The van der Waals surface area contributed by atoms with E-state index >= 15 is 0 Å². The summed E-state index contributed by atoms with van der Waals surface area (Å²) in [6.07, 6.45) is 0.0914. The number of aliphatic hydroxyl groups is 1. The van der Waals surface area contributed by atoms with E-state index in [-0.39, 0.29) is 11.5 Å². The molecule has 0 aliphatic rings. The largest absolute Gasteiger partial charge is 0.508 e. The molecule has 0 saturated carbocycles. The first kappa shape index (κ1) is 12.5. The van der Waals surface area contributed by atoms with Gasteiger partial charge in [-0.2, -0.15) is 0 Å². The first-order valence-corrected chi connectivity index (χ1v) is 5.88. The fraction of sp³-hybridized carbons (Fsp3) is 0.200. The first-order valence-electron chi connectivity index (χ1n) is 5.88. The minimum atomic E-state index is -0.633. The van der Waals surface area contributed by atoms with Gasteiger partial charge in [-0.3, -0.25) is 0 Å². The topological polar surface area (TPSA) is 60.7 Å². The van der Waals surface area contributed by atoms with Crippen molar-refractivity contribution in [1.82, 2.24) is 0 Å². The van der Waals surface area contributed by atoms with Crippen LogP contribution in [0.4, 0.5) is 0 Å². The van der Waals surface area contributed by atoms with Crippen LogP contribution in [0.2, 0.25) is 0 Å². The average Bonchev–Trinajstić information content (AvgIpc) is 2.35. The molecule has 0 heterocycles. The highest BCUT2D eigenvalue weighted by molar-refractivity contribution is 5.34. The van der Waals surface area contributed by atoms with Gasteiger partial charge in [0.05, 0.1) is 6.10 Å². The molecule has 18 heavy (non-hydrogen) atoms. The summed E-state index contributed by atoms with van der Waals surface area (Å²) in [6.45, 7) is 0. The molecule has 3 heteroatoms.